The third kappa shape index (κ3) is 5.19. The number of ether oxygens (including phenoxy) is 1. The van der Waals surface area contributed by atoms with Gasteiger partial charge in [0, 0.05) is 36.0 Å². The summed E-state index contributed by atoms with van der Waals surface area (Å²) in [4.78, 5) is 18.8. The average Bonchev–Trinajstić information content (AvgIpc) is 2.59. The molecule has 0 aliphatic carbocycles. The fourth-order valence-corrected chi connectivity index (χ4v) is 3.40. The van der Waals surface area contributed by atoms with E-state index in [0.29, 0.717) is 6.54 Å². The Morgan fingerprint density at radius 3 is 2.69 bits per heavy atom. The lowest BCUT2D eigenvalue weighted by molar-refractivity contribution is -0.00546. The summed E-state index contributed by atoms with van der Waals surface area (Å²) in [5.74, 6) is 0.939. The zero-order valence-electron chi connectivity index (χ0n) is 14.9. The van der Waals surface area contributed by atoms with Crippen LogP contribution < -0.4 is 15.5 Å². The molecule has 0 bridgehead atoms. The smallest absolute Gasteiger partial charge is 0.319 e. The Morgan fingerprint density at radius 1 is 1.27 bits per heavy atom. The molecule has 7 heteroatoms. The molecule has 1 aliphatic rings. The molecule has 1 fully saturated rings. The molecule has 2 unspecified atom stereocenters. The van der Waals surface area contributed by atoms with Crippen molar-refractivity contribution >= 4 is 33.5 Å². The van der Waals surface area contributed by atoms with Gasteiger partial charge in [0.1, 0.15) is 5.82 Å². The van der Waals surface area contributed by atoms with Crippen molar-refractivity contribution in [1.29, 1.82) is 0 Å². The molecular weight excluding hydrogens is 396 g/mol. The number of nitrogens with zero attached hydrogens (tertiary/aromatic N) is 2. The van der Waals surface area contributed by atoms with Crippen LogP contribution in [0.5, 0.6) is 0 Å². The van der Waals surface area contributed by atoms with Gasteiger partial charge in [0.05, 0.1) is 12.2 Å². The van der Waals surface area contributed by atoms with E-state index in [9.17, 15) is 4.79 Å². The topological polar surface area (TPSA) is 66.5 Å². The molecule has 1 aliphatic heterocycles. The highest BCUT2D eigenvalue weighted by Crippen LogP contribution is 2.18. The van der Waals surface area contributed by atoms with Gasteiger partial charge in [0.25, 0.3) is 0 Å². The van der Waals surface area contributed by atoms with E-state index < -0.39 is 0 Å². The van der Waals surface area contributed by atoms with E-state index in [1.54, 1.807) is 6.20 Å². The number of morpholine rings is 1. The van der Waals surface area contributed by atoms with E-state index in [0.717, 1.165) is 34.6 Å². The fourth-order valence-electron chi connectivity index (χ4n) is 3.00. The van der Waals surface area contributed by atoms with Crippen LogP contribution in [0.25, 0.3) is 0 Å². The van der Waals surface area contributed by atoms with Crippen LogP contribution in [-0.4, -0.2) is 36.3 Å². The number of hydrogen-bond donors (Lipinski definition) is 2. The molecule has 1 aromatic carbocycles. The minimum absolute atomic E-state index is 0.198. The van der Waals surface area contributed by atoms with Gasteiger partial charge in [-0.2, -0.15) is 0 Å². The first-order valence-corrected chi connectivity index (χ1v) is 9.44. The van der Waals surface area contributed by atoms with Gasteiger partial charge in [-0.05, 0) is 43.7 Å². The highest BCUT2D eigenvalue weighted by atomic mass is 79.9. The van der Waals surface area contributed by atoms with Gasteiger partial charge >= 0.3 is 6.03 Å². The normalized spacial score (nSPS) is 19.9. The number of carbonyl (C=O) groups is 1. The summed E-state index contributed by atoms with van der Waals surface area (Å²) in [5, 5.41) is 5.64. The van der Waals surface area contributed by atoms with E-state index in [2.05, 4.69) is 50.3 Å². The number of halogens is 1. The summed E-state index contributed by atoms with van der Waals surface area (Å²) in [6.45, 7) is 6.24. The number of hydrogen-bond acceptors (Lipinski definition) is 4. The van der Waals surface area contributed by atoms with Crippen LogP contribution in [0.3, 0.4) is 0 Å². The number of rotatable bonds is 4. The minimum Gasteiger partial charge on any atom is -0.372 e. The predicted molar refractivity (Wildman–Crippen MR) is 106 cm³/mol. The third-order valence-electron chi connectivity index (χ3n) is 4.09. The molecule has 3 rings (SSSR count). The van der Waals surface area contributed by atoms with Crippen LogP contribution in [0, 0.1) is 0 Å². The largest absolute Gasteiger partial charge is 0.372 e. The van der Waals surface area contributed by atoms with Gasteiger partial charge in [0.15, 0.2) is 0 Å². The Hall–Kier alpha value is -2.12. The van der Waals surface area contributed by atoms with E-state index in [-0.39, 0.29) is 18.2 Å². The summed E-state index contributed by atoms with van der Waals surface area (Å²) in [5.41, 5.74) is 1.69. The zero-order chi connectivity index (χ0) is 18.5. The van der Waals surface area contributed by atoms with E-state index in [1.807, 2.05) is 36.4 Å². The first kappa shape index (κ1) is 18.7. The van der Waals surface area contributed by atoms with Crippen molar-refractivity contribution in [3.63, 3.8) is 0 Å². The molecule has 2 atom stereocenters. The standard InChI is InChI=1S/C19H23BrN4O2/c1-13-11-24(12-14(2)26-13)18-7-6-15(9-21-18)10-22-19(25)23-17-5-3-4-16(20)8-17/h3-9,13-14H,10-12H2,1-2H3,(H2,22,23,25). The summed E-state index contributed by atoms with van der Waals surface area (Å²) in [6.07, 6.45) is 2.20. The van der Waals surface area contributed by atoms with Crippen LogP contribution in [0.2, 0.25) is 0 Å². The number of benzene rings is 1. The maximum absolute atomic E-state index is 12.0. The molecule has 0 radical (unpaired) electrons. The molecule has 138 valence electrons. The SMILES string of the molecule is CC1CN(c2ccc(CNC(=O)Nc3cccc(Br)c3)cn2)CC(C)O1. The van der Waals surface area contributed by atoms with Gasteiger partial charge in [-0.25, -0.2) is 9.78 Å². The Balaban J connectivity index is 1.52. The van der Waals surface area contributed by atoms with Crippen LogP contribution in [0.15, 0.2) is 47.1 Å². The molecule has 6 nitrogen and oxygen atoms in total. The monoisotopic (exact) mass is 418 g/mol. The van der Waals surface area contributed by atoms with Crippen LogP contribution in [0.4, 0.5) is 16.3 Å². The maximum atomic E-state index is 12.0. The lowest BCUT2D eigenvalue weighted by Crippen LogP contribution is -2.45. The van der Waals surface area contributed by atoms with Crippen molar-refractivity contribution < 1.29 is 9.53 Å². The number of carbonyl (C=O) groups excluding carboxylic acids is 1. The second kappa shape index (κ2) is 8.51. The molecule has 1 aromatic heterocycles. The first-order chi connectivity index (χ1) is 12.5. The third-order valence-corrected chi connectivity index (χ3v) is 4.58. The Labute approximate surface area is 162 Å². The lowest BCUT2D eigenvalue weighted by atomic mass is 10.2. The van der Waals surface area contributed by atoms with Gasteiger partial charge in [-0.15, -0.1) is 0 Å². The number of pyridine rings is 1. The molecule has 0 saturated carbocycles. The van der Waals surface area contributed by atoms with Crippen molar-refractivity contribution in [2.45, 2.75) is 32.6 Å². The van der Waals surface area contributed by atoms with Crippen molar-refractivity contribution in [3.8, 4) is 0 Å². The van der Waals surface area contributed by atoms with E-state index >= 15 is 0 Å². The van der Waals surface area contributed by atoms with Crippen molar-refractivity contribution in [2.24, 2.45) is 0 Å². The molecule has 2 amide bonds. The Morgan fingerprint density at radius 2 is 2.04 bits per heavy atom. The highest BCUT2D eigenvalue weighted by Gasteiger charge is 2.22. The van der Waals surface area contributed by atoms with Gasteiger partial charge in [-0.1, -0.05) is 28.1 Å². The van der Waals surface area contributed by atoms with Crippen LogP contribution in [-0.2, 0) is 11.3 Å². The van der Waals surface area contributed by atoms with E-state index in [1.165, 1.54) is 0 Å². The van der Waals surface area contributed by atoms with Crippen LogP contribution >= 0.6 is 15.9 Å². The Kier molecular flexibility index (Phi) is 6.11. The Bertz CT molecular complexity index is 743. The summed E-state index contributed by atoms with van der Waals surface area (Å²) in [7, 11) is 0. The van der Waals surface area contributed by atoms with Crippen molar-refractivity contribution in [1.82, 2.24) is 10.3 Å². The summed E-state index contributed by atoms with van der Waals surface area (Å²) in [6, 6.07) is 11.2. The zero-order valence-corrected chi connectivity index (χ0v) is 16.5. The van der Waals surface area contributed by atoms with E-state index in [4.69, 9.17) is 4.74 Å². The second-order valence-electron chi connectivity index (χ2n) is 6.50. The molecule has 0 spiro atoms. The summed E-state index contributed by atoms with van der Waals surface area (Å²) < 4.78 is 6.67. The number of aromatic nitrogens is 1. The molecule has 2 N–H and O–H groups in total. The van der Waals surface area contributed by atoms with Crippen molar-refractivity contribution in [3.05, 3.63) is 52.6 Å². The number of amides is 2. The molecule has 26 heavy (non-hydrogen) atoms. The fraction of sp³-hybridized carbons (Fsp3) is 0.368. The number of urea groups is 1. The maximum Gasteiger partial charge on any atom is 0.319 e. The number of anilines is 2. The molecule has 2 aromatic rings. The van der Waals surface area contributed by atoms with Gasteiger partial charge in [0.2, 0.25) is 0 Å². The highest BCUT2D eigenvalue weighted by molar-refractivity contribution is 9.10. The van der Waals surface area contributed by atoms with Gasteiger partial charge in [-0.3, -0.25) is 0 Å². The van der Waals surface area contributed by atoms with Gasteiger partial charge < -0.3 is 20.3 Å². The summed E-state index contributed by atoms with van der Waals surface area (Å²) >= 11 is 3.38. The minimum atomic E-state index is -0.247. The molecular formula is C19H23BrN4O2. The van der Waals surface area contributed by atoms with Crippen LogP contribution in [0.1, 0.15) is 19.4 Å². The predicted octanol–water partition coefficient (Wildman–Crippen LogP) is 3.78. The quantitative estimate of drug-likeness (QED) is 0.792. The van der Waals surface area contributed by atoms with Crippen molar-refractivity contribution in [2.75, 3.05) is 23.3 Å². The average molecular weight is 419 g/mol. The lowest BCUT2D eigenvalue weighted by Gasteiger charge is -2.36. The number of nitrogens with one attached hydrogen (secondary N) is 2. The first-order valence-electron chi connectivity index (χ1n) is 8.65. The second-order valence-corrected chi connectivity index (χ2v) is 7.42. The molecule has 2 heterocycles. The molecule has 1 saturated heterocycles.